The highest BCUT2D eigenvalue weighted by Crippen LogP contribution is 2.31. The molecule has 0 bridgehead atoms. The average molecular weight is 376 g/mol. The number of thioether (sulfide) groups is 1. The second-order valence-corrected chi connectivity index (χ2v) is 6.31. The van der Waals surface area contributed by atoms with E-state index in [9.17, 15) is 9.18 Å². The van der Waals surface area contributed by atoms with Gasteiger partial charge in [0.1, 0.15) is 5.82 Å². The highest BCUT2D eigenvalue weighted by atomic mass is 79.9. The molecule has 2 nitrogen and oxygen atoms in total. The molecule has 0 unspecified atom stereocenters. The maximum atomic E-state index is 13.0. The van der Waals surface area contributed by atoms with Crippen LogP contribution in [0.2, 0.25) is 5.02 Å². The van der Waals surface area contributed by atoms with Crippen molar-refractivity contribution in [1.29, 1.82) is 0 Å². The van der Waals surface area contributed by atoms with Crippen LogP contribution in [0.1, 0.15) is 15.9 Å². The van der Waals surface area contributed by atoms with Gasteiger partial charge in [0.25, 0.3) is 0 Å². The van der Waals surface area contributed by atoms with Crippen molar-refractivity contribution in [2.24, 2.45) is 0 Å². The summed E-state index contributed by atoms with van der Waals surface area (Å²) in [6, 6.07) is 9.14. The van der Waals surface area contributed by atoms with Gasteiger partial charge in [-0.05, 0) is 35.9 Å². The monoisotopic (exact) mass is 374 g/mol. The molecule has 0 saturated carbocycles. The van der Waals surface area contributed by atoms with Gasteiger partial charge in [0, 0.05) is 20.1 Å². The van der Waals surface area contributed by atoms with E-state index in [-0.39, 0.29) is 5.56 Å². The number of carbonyl (C=O) groups is 1. The molecule has 104 valence electrons. The Kier molecular flexibility index (Phi) is 5.07. The number of hydrogen-bond acceptors (Lipinski definition) is 2. The van der Waals surface area contributed by atoms with E-state index in [2.05, 4.69) is 15.9 Å². The molecule has 1 N–H and O–H groups in total. The number of benzene rings is 2. The lowest BCUT2D eigenvalue weighted by Crippen LogP contribution is -1.98. The third kappa shape index (κ3) is 3.75. The Hall–Kier alpha value is -1.04. The van der Waals surface area contributed by atoms with Gasteiger partial charge < -0.3 is 5.11 Å². The van der Waals surface area contributed by atoms with Crippen LogP contribution in [-0.2, 0) is 5.75 Å². The van der Waals surface area contributed by atoms with E-state index in [0.29, 0.717) is 15.7 Å². The van der Waals surface area contributed by atoms with E-state index >= 15 is 0 Å². The summed E-state index contributed by atoms with van der Waals surface area (Å²) in [7, 11) is 0. The van der Waals surface area contributed by atoms with Gasteiger partial charge in [-0.3, -0.25) is 0 Å². The Morgan fingerprint density at radius 2 is 2.05 bits per heavy atom. The van der Waals surface area contributed by atoms with Crippen molar-refractivity contribution in [3.8, 4) is 0 Å². The predicted molar refractivity (Wildman–Crippen MR) is 82.1 cm³/mol. The van der Waals surface area contributed by atoms with Crippen LogP contribution in [0.5, 0.6) is 0 Å². The Morgan fingerprint density at radius 1 is 1.30 bits per heavy atom. The largest absolute Gasteiger partial charge is 0.478 e. The van der Waals surface area contributed by atoms with E-state index in [1.165, 1.54) is 23.9 Å². The molecule has 0 amide bonds. The van der Waals surface area contributed by atoms with E-state index in [1.54, 1.807) is 24.3 Å². The van der Waals surface area contributed by atoms with Gasteiger partial charge >= 0.3 is 5.97 Å². The van der Waals surface area contributed by atoms with Gasteiger partial charge in [-0.2, -0.15) is 0 Å². The van der Waals surface area contributed by atoms with Crippen molar-refractivity contribution in [1.82, 2.24) is 0 Å². The fourth-order valence-electron chi connectivity index (χ4n) is 1.59. The zero-order valence-corrected chi connectivity index (χ0v) is 13.2. The van der Waals surface area contributed by atoms with Crippen molar-refractivity contribution in [3.05, 3.63) is 62.8 Å². The van der Waals surface area contributed by atoms with Crippen LogP contribution in [0, 0.1) is 5.82 Å². The number of rotatable bonds is 4. The minimum absolute atomic E-state index is 0.233. The lowest BCUT2D eigenvalue weighted by molar-refractivity contribution is 0.0693. The van der Waals surface area contributed by atoms with Crippen molar-refractivity contribution in [2.45, 2.75) is 10.6 Å². The average Bonchev–Trinajstić information content (AvgIpc) is 2.37. The first kappa shape index (κ1) is 15.4. The highest BCUT2D eigenvalue weighted by Gasteiger charge is 2.12. The highest BCUT2D eigenvalue weighted by molar-refractivity contribution is 9.10. The molecular formula is C14H9BrClFO2S. The number of hydrogen-bond donors (Lipinski definition) is 1. The molecule has 0 spiro atoms. The van der Waals surface area contributed by atoms with E-state index in [1.807, 2.05) is 0 Å². The van der Waals surface area contributed by atoms with Crippen molar-refractivity contribution >= 4 is 45.3 Å². The Bertz CT molecular complexity index is 664. The molecule has 0 heterocycles. The number of aromatic carboxylic acids is 1. The maximum Gasteiger partial charge on any atom is 0.336 e. The van der Waals surface area contributed by atoms with Crippen LogP contribution in [0.3, 0.4) is 0 Å². The molecule has 0 aliphatic heterocycles. The minimum atomic E-state index is -0.981. The van der Waals surface area contributed by atoms with E-state index in [4.69, 9.17) is 16.7 Å². The van der Waals surface area contributed by atoms with Crippen molar-refractivity contribution < 1.29 is 14.3 Å². The Balaban J connectivity index is 2.22. The SMILES string of the molecule is O=C(O)c1ccc(Br)cc1SCc1ccc(F)cc1Cl. The molecule has 2 aromatic carbocycles. The lowest BCUT2D eigenvalue weighted by atomic mass is 10.2. The molecule has 0 aliphatic rings. The van der Waals surface area contributed by atoms with Crippen LogP contribution < -0.4 is 0 Å². The summed E-state index contributed by atoms with van der Waals surface area (Å²) in [6.45, 7) is 0. The van der Waals surface area contributed by atoms with Gasteiger partial charge in [0.15, 0.2) is 0 Å². The van der Waals surface area contributed by atoms with Crippen molar-refractivity contribution in [2.75, 3.05) is 0 Å². The predicted octanol–water partition coefficient (Wildman–Crippen LogP) is 5.23. The zero-order chi connectivity index (χ0) is 14.7. The first-order valence-electron chi connectivity index (χ1n) is 5.57. The number of halogens is 3. The topological polar surface area (TPSA) is 37.3 Å². The normalized spacial score (nSPS) is 10.6. The molecule has 2 rings (SSSR count). The van der Waals surface area contributed by atoms with Gasteiger partial charge in [-0.15, -0.1) is 11.8 Å². The molecule has 0 radical (unpaired) electrons. The first-order valence-corrected chi connectivity index (χ1v) is 7.72. The summed E-state index contributed by atoms with van der Waals surface area (Å²) in [4.78, 5) is 11.8. The van der Waals surface area contributed by atoms with Gasteiger partial charge in [-0.25, -0.2) is 9.18 Å². The second kappa shape index (κ2) is 6.61. The molecule has 2 aromatic rings. The molecule has 0 atom stereocenters. The maximum absolute atomic E-state index is 13.0. The van der Waals surface area contributed by atoms with Crippen LogP contribution in [-0.4, -0.2) is 11.1 Å². The number of carboxylic acid groups (broad SMARTS) is 1. The third-order valence-electron chi connectivity index (χ3n) is 2.57. The summed E-state index contributed by atoms with van der Waals surface area (Å²) < 4.78 is 13.8. The Morgan fingerprint density at radius 3 is 2.70 bits per heavy atom. The fraction of sp³-hybridized carbons (Fsp3) is 0.0714. The van der Waals surface area contributed by atoms with Gasteiger partial charge in [-0.1, -0.05) is 33.6 Å². The number of carboxylic acids is 1. The smallest absolute Gasteiger partial charge is 0.336 e. The molecule has 0 fully saturated rings. The van der Waals surface area contributed by atoms with Gasteiger partial charge in [0.2, 0.25) is 0 Å². The quantitative estimate of drug-likeness (QED) is 0.743. The molecule has 0 saturated heterocycles. The minimum Gasteiger partial charge on any atom is -0.478 e. The third-order valence-corrected chi connectivity index (χ3v) is 4.52. The van der Waals surface area contributed by atoms with E-state index in [0.717, 1.165) is 10.0 Å². The summed E-state index contributed by atoms with van der Waals surface area (Å²) >= 11 is 10.6. The summed E-state index contributed by atoms with van der Waals surface area (Å²) in [5.41, 5.74) is 0.991. The Labute approximate surface area is 133 Å². The van der Waals surface area contributed by atoms with Gasteiger partial charge in [0.05, 0.1) is 5.56 Å². The fourth-order valence-corrected chi connectivity index (χ4v) is 3.50. The molecule has 0 aromatic heterocycles. The summed E-state index contributed by atoms with van der Waals surface area (Å²) in [5.74, 6) is -0.904. The lowest BCUT2D eigenvalue weighted by Gasteiger charge is -2.08. The zero-order valence-electron chi connectivity index (χ0n) is 10.1. The van der Waals surface area contributed by atoms with Crippen LogP contribution >= 0.6 is 39.3 Å². The standard InChI is InChI=1S/C14H9BrClFO2S/c15-9-2-4-11(14(18)19)13(5-9)20-7-8-1-3-10(17)6-12(8)16/h1-6H,7H2,(H,18,19). The van der Waals surface area contributed by atoms with Crippen LogP contribution in [0.4, 0.5) is 4.39 Å². The van der Waals surface area contributed by atoms with Crippen LogP contribution in [0.15, 0.2) is 45.8 Å². The summed E-state index contributed by atoms with van der Waals surface area (Å²) in [5, 5.41) is 9.48. The molecule has 6 heteroatoms. The molecule has 20 heavy (non-hydrogen) atoms. The van der Waals surface area contributed by atoms with Crippen LogP contribution in [0.25, 0.3) is 0 Å². The van der Waals surface area contributed by atoms with Crippen molar-refractivity contribution in [3.63, 3.8) is 0 Å². The first-order chi connectivity index (χ1) is 9.47. The van der Waals surface area contributed by atoms with E-state index < -0.39 is 11.8 Å². The molecule has 0 aliphatic carbocycles. The summed E-state index contributed by atoms with van der Waals surface area (Å²) in [6.07, 6.45) is 0. The second-order valence-electron chi connectivity index (χ2n) is 3.97. The molecular weight excluding hydrogens is 367 g/mol.